The molecule has 1 rings (SSSR count). The highest BCUT2D eigenvalue weighted by Crippen LogP contribution is 2.05. The second-order valence-corrected chi connectivity index (χ2v) is 3.48. The first kappa shape index (κ1) is 13.2. The molecule has 0 bridgehead atoms. The Balaban J connectivity index is 0.00000169. The quantitative estimate of drug-likeness (QED) is 0.807. The van der Waals surface area contributed by atoms with Crippen molar-refractivity contribution in [2.75, 3.05) is 0 Å². The number of halogens is 1. The minimum atomic E-state index is 0. The van der Waals surface area contributed by atoms with Crippen LogP contribution in [-0.4, -0.2) is 6.04 Å². The molecule has 78 valence electrons. The smallest absolute Gasteiger partial charge is 0.0207 e. The summed E-state index contributed by atoms with van der Waals surface area (Å²) < 4.78 is 0. The lowest BCUT2D eigenvalue weighted by molar-refractivity contribution is 0.589. The zero-order valence-electron chi connectivity index (χ0n) is 8.79. The van der Waals surface area contributed by atoms with Gasteiger partial charge < -0.3 is 5.32 Å². The van der Waals surface area contributed by atoms with E-state index in [-0.39, 0.29) is 12.4 Å². The van der Waals surface area contributed by atoms with E-state index in [1.807, 2.05) is 6.08 Å². The van der Waals surface area contributed by atoms with Crippen molar-refractivity contribution in [3.8, 4) is 0 Å². The second kappa shape index (κ2) is 6.63. The normalized spacial score (nSPS) is 9.64. The zero-order chi connectivity index (χ0) is 9.68. The number of hydrogen-bond acceptors (Lipinski definition) is 1. The van der Waals surface area contributed by atoms with Crippen LogP contribution in [0.2, 0.25) is 0 Å². The molecule has 0 aliphatic carbocycles. The topological polar surface area (TPSA) is 12.0 Å². The number of rotatable bonds is 4. The van der Waals surface area contributed by atoms with Crippen LogP contribution >= 0.6 is 12.4 Å². The van der Waals surface area contributed by atoms with Crippen molar-refractivity contribution in [1.82, 2.24) is 5.32 Å². The highest BCUT2D eigenvalue weighted by molar-refractivity contribution is 5.85. The fraction of sp³-hybridized carbons (Fsp3) is 0.333. The summed E-state index contributed by atoms with van der Waals surface area (Å²) in [5.74, 6) is 0. The van der Waals surface area contributed by atoms with Gasteiger partial charge in [0.15, 0.2) is 0 Å². The molecule has 0 saturated heterocycles. The summed E-state index contributed by atoms with van der Waals surface area (Å²) in [7, 11) is 0. The van der Waals surface area contributed by atoms with Crippen LogP contribution < -0.4 is 5.32 Å². The van der Waals surface area contributed by atoms with Gasteiger partial charge in [-0.2, -0.15) is 0 Å². The van der Waals surface area contributed by atoms with Crippen molar-refractivity contribution < 1.29 is 0 Å². The SMILES string of the molecule is C=Cc1ccc(CNC(C)C)cc1.Cl. The molecule has 2 heteroatoms. The summed E-state index contributed by atoms with van der Waals surface area (Å²) in [5, 5.41) is 3.37. The van der Waals surface area contributed by atoms with E-state index in [1.165, 1.54) is 11.1 Å². The molecule has 0 aliphatic heterocycles. The summed E-state index contributed by atoms with van der Waals surface area (Å²) in [6.07, 6.45) is 1.86. The fourth-order valence-electron chi connectivity index (χ4n) is 1.09. The first-order chi connectivity index (χ1) is 6.22. The molecule has 0 saturated carbocycles. The van der Waals surface area contributed by atoms with E-state index in [1.54, 1.807) is 0 Å². The third-order valence-corrected chi connectivity index (χ3v) is 1.93. The predicted octanol–water partition coefficient (Wildman–Crippen LogP) is 3.25. The molecule has 0 aromatic heterocycles. The van der Waals surface area contributed by atoms with Crippen LogP contribution in [-0.2, 0) is 6.54 Å². The maximum Gasteiger partial charge on any atom is 0.0207 e. The maximum absolute atomic E-state index is 3.72. The fourth-order valence-corrected chi connectivity index (χ4v) is 1.09. The summed E-state index contributed by atoms with van der Waals surface area (Å²) in [5.41, 5.74) is 2.49. The molecule has 0 radical (unpaired) electrons. The first-order valence-corrected chi connectivity index (χ1v) is 4.67. The van der Waals surface area contributed by atoms with E-state index in [0.29, 0.717) is 6.04 Å². The summed E-state index contributed by atoms with van der Waals surface area (Å²) in [6.45, 7) is 8.96. The molecule has 1 aromatic carbocycles. The van der Waals surface area contributed by atoms with E-state index in [0.717, 1.165) is 6.54 Å². The molecule has 0 aliphatic rings. The van der Waals surface area contributed by atoms with Gasteiger partial charge in [0, 0.05) is 12.6 Å². The van der Waals surface area contributed by atoms with Crippen LogP contribution in [0.5, 0.6) is 0 Å². The summed E-state index contributed by atoms with van der Waals surface area (Å²) >= 11 is 0. The van der Waals surface area contributed by atoms with Gasteiger partial charge in [-0.15, -0.1) is 12.4 Å². The van der Waals surface area contributed by atoms with Crippen LogP contribution in [0.4, 0.5) is 0 Å². The van der Waals surface area contributed by atoms with E-state index in [4.69, 9.17) is 0 Å². The molecule has 14 heavy (non-hydrogen) atoms. The molecule has 0 fully saturated rings. The van der Waals surface area contributed by atoms with Gasteiger partial charge in [-0.25, -0.2) is 0 Å². The van der Waals surface area contributed by atoms with E-state index in [9.17, 15) is 0 Å². The number of nitrogens with one attached hydrogen (secondary N) is 1. The Hall–Kier alpha value is -0.790. The van der Waals surface area contributed by atoms with Gasteiger partial charge in [0.05, 0.1) is 0 Å². The minimum absolute atomic E-state index is 0. The monoisotopic (exact) mass is 211 g/mol. The third-order valence-electron chi connectivity index (χ3n) is 1.93. The standard InChI is InChI=1S/C12H17N.ClH/c1-4-11-5-7-12(8-6-11)9-13-10(2)3;/h4-8,10,13H,1,9H2,2-3H3;1H. The van der Waals surface area contributed by atoms with Crippen LogP contribution in [0.3, 0.4) is 0 Å². The molecule has 1 aromatic rings. The van der Waals surface area contributed by atoms with E-state index >= 15 is 0 Å². The third kappa shape index (κ3) is 4.45. The lowest BCUT2D eigenvalue weighted by Gasteiger charge is -2.07. The molecule has 0 spiro atoms. The maximum atomic E-state index is 3.72. The lowest BCUT2D eigenvalue weighted by Crippen LogP contribution is -2.21. The van der Waals surface area contributed by atoms with Crippen molar-refractivity contribution >= 4 is 18.5 Å². The lowest BCUT2D eigenvalue weighted by atomic mass is 10.1. The molecule has 0 atom stereocenters. The largest absolute Gasteiger partial charge is 0.310 e. The Labute approximate surface area is 92.6 Å². The van der Waals surface area contributed by atoms with Crippen molar-refractivity contribution in [2.45, 2.75) is 26.4 Å². The summed E-state index contributed by atoms with van der Waals surface area (Å²) in [4.78, 5) is 0. The van der Waals surface area contributed by atoms with Gasteiger partial charge in [-0.1, -0.05) is 50.8 Å². The number of hydrogen-bond donors (Lipinski definition) is 1. The molecular weight excluding hydrogens is 194 g/mol. The van der Waals surface area contributed by atoms with Crippen LogP contribution in [0.25, 0.3) is 6.08 Å². The van der Waals surface area contributed by atoms with Gasteiger partial charge >= 0.3 is 0 Å². The van der Waals surface area contributed by atoms with Crippen molar-refractivity contribution in [3.63, 3.8) is 0 Å². The molecule has 1 nitrogen and oxygen atoms in total. The van der Waals surface area contributed by atoms with Crippen molar-refractivity contribution in [2.24, 2.45) is 0 Å². The Kier molecular flexibility index (Phi) is 6.26. The average molecular weight is 212 g/mol. The molecular formula is C12H18ClN. The highest BCUT2D eigenvalue weighted by Gasteiger charge is 1.94. The van der Waals surface area contributed by atoms with E-state index < -0.39 is 0 Å². The number of benzene rings is 1. The Morgan fingerprint density at radius 1 is 1.29 bits per heavy atom. The minimum Gasteiger partial charge on any atom is -0.310 e. The second-order valence-electron chi connectivity index (χ2n) is 3.48. The Bertz CT molecular complexity index is 264. The molecule has 0 amide bonds. The first-order valence-electron chi connectivity index (χ1n) is 4.67. The van der Waals surface area contributed by atoms with Gasteiger partial charge in [-0.3, -0.25) is 0 Å². The highest BCUT2D eigenvalue weighted by atomic mass is 35.5. The van der Waals surface area contributed by atoms with Gasteiger partial charge in [0.25, 0.3) is 0 Å². The zero-order valence-corrected chi connectivity index (χ0v) is 9.60. The van der Waals surface area contributed by atoms with Gasteiger partial charge in [-0.05, 0) is 11.1 Å². The van der Waals surface area contributed by atoms with E-state index in [2.05, 4.69) is 50.0 Å². The average Bonchev–Trinajstić information content (AvgIpc) is 2.15. The summed E-state index contributed by atoms with van der Waals surface area (Å²) in [6, 6.07) is 8.98. The van der Waals surface area contributed by atoms with Crippen LogP contribution in [0.1, 0.15) is 25.0 Å². The van der Waals surface area contributed by atoms with Gasteiger partial charge in [0.2, 0.25) is 0 Å². The van der Waals surface area contributed by atoms with Crippen molar-refractivity contribution in [3.05, 3.63) is 42.0 Å². The van der Waals surface area contributed by atoms with Crippen LogP contribution in [0.15, 0.2) is 30.8 Å². The molecule has 0 heterocycles. The van der Waals surface area contributed by atoms with Gasteiger partial charge in [0.1, 0.15) is 0 Å². The van der Waals surface area contributed by atoms with Crippen molar-refractivity contribution in [1.29, 1.82) is 0 Å². The Morgan fingerprint density at radius 2 is 1.86 bits per heavy atom. The molecule has 0 unspecified atom stereocenters. The predicted molar refractivity (Wildman–Crippen MR) is 65.8 cm³/mol. The molecule has 1 N–H and O–H groups in total. The van der Waals surface area contributed by atoms with Crippen LogP contribution in [0, 0.1) is 0 Å². The Morgan fingerprint density at radius 3 is 2.29 bits per heavy atom.